The molecule has 0 radical (unpaired) electrons. The summed E-state index contributed by atoms with van der Waals surface area (Å²) in [6.07, 6.45) is 1.18. The maximum Gasteiger partial charge on any atom is 0.224 e. The van der Waals surface area contributed by atoms with Crippen LogP contribution < -0.4 is 10.1 Å². The normalized spacial score (nSPS) is 10.4. The molecule has 1 aromatic heterocycles. The first-order valence-electron chi connectivity index (χ1n) is 8.10. The van der Waals surface area contributed by atoms with Crippen molar-refractivity contribution in [1.29, 1.82) is 0 Å². The fourth-order valence-electron chi connectivity index (χ4n) is 2.46. The number of hydrogen-bond acceptors (Lipinski definition) is 4. The summed E-state index contributed by atoms with van der Waals surface area (Å²) < 4.78 is 5.12. The lowest BCUT2D eigenvalue weighted by Gasteiger charge is -2.05. The number of ether oxygens (including phenoxy) is 1. The molecular weight excluding hydrogens is 332 g/mol. The molecule has 1 N–H and O–H groups in total. The molecule has 0 fully saturated rings. The molecule has 0 saturated carbocycles. The summed E-state index contributed by atoms with van der Waals surface area (Å²) >= 11 is 1.63. The molecule has 128 valence electrons. The highest BCUT2D eigenvalue weighted by molar-refractivity contribution is 7.09. The first-order chi connectivity index (χ1) is 12.2. The monoisotopic (exact) mass is 352 g/mol. The number of rotatable bonds is 7. The van der Waals surface area contributed by atoms with Gasteiger partial charge in [-0.05, 0) is 23.3 Å². The second-order valence-corrected chi connectivity index (χ2v) is 6.64. The second kappa shape index (κ2) is 8.44. The first kappa shape index (κ1) is 17.2. The van der Waals surface area contributed by atoms with Crippen LogP contribution in [0.4, 0.5) is 0 Å². The number of amides is 1. The van der Waals surface area contributed by atoms with E-state index < -0.39 is 0 Å². The fraction of sp³-hybridized carbons (Fsp3) is 0.200. The van der Waals surface area contributed by atoms with Crippen LogP contribution in [0.15, 0.2) is 60.0 Å². The average Bonchev–Trinajstić information content (AvgIpc) is 3.09. The van der Waals surface area contributed by atoms with Crippen molar-refractivity contribution in [2.24, 2.45) is 0 Å². The predicted molar refractivity (Wildman–Crippen MR) is 99.9 cm³/mol. The zero-order valence-electron chi connectivity index (χ0n) is 14.1. The summed E-state index contributed by atoms with van der Waals surface area (Å²) in [5, 5.41) is 5.99. The van der Waals surface area contributed by atoms with Crippen LogP contribution in [-0.2, 0) is 24.2 Å². The molecule has 5 heteroatoms. The molecule has 0 saturated heterocycles. The number of benzene rings is 2. The summed E-state index contributed by atoms with van der Waals surface area (Å²) in [7, 11) is 1.63. The summed E-state index contributed by atoms with van der Waals surface area (Å²) in [6.45, 7) is 0.459. The first-order valence-corrected chi connectivity index (χ1v) is 8.98. The topological polar surface area (TPSA) is 51.2 Å². The summed E-state index contributed by atoms with van der Waals surface area (Å²) in [4.78, 5) is 16.7. The Hall–Kier alpha value is -2.66. The Balaban J connectivity index is 1.48. The van der Waals surface area contributed by atoms with E-state index in [1.54, 1.807) is 18.4 Å². The van der Waals surface area contributed by atoms with Gasteiger partial charge in [-0.15, -0.1) is 11.3 Å². The average molecular weight is 352 g/mol. The third kappa shape index (κ3) is 5.16. The molecule has 4 nitrogen and oxygen atoms in total. The number of hydrogen-bond donors (Lipinski definition) is 1. The van der Waals surface area contributed by atoms with Gasteiger partial charge in [0.2, 0.25) is 5.91 Å². The fourth-order valence-corrected chi connectivity index (χ4v) is 3.29. The number of methoxy groups -OCH3 is 1. The van der Waals surface area contributed by atoms with E-state index in [0.29, 0.717) is 13.0 Å². The van der Waals surface area contributed by atoms with E-state index in [4.69, 9.17) is 4.74 Å². The van der Waals surface area contributed by atoms with Gasteiger partial charge < -0.3 is 10.1 Å². The van der Waals surface area contributed by atoms with Gasteiger partial charge in [-0.25, -0.2) is 4.98 Å². The number of carbonyl (C=O) groups is 1. The van der Waals surface area contributed by atoms with E-state index in [9.17, 15) is 4.79 Å². The predicted octanol–water partition coefficient (Wildman–Crippen LogP) is 3.60. The van der Waals surface area contributed by atoms with Crippen molar-refractivity contribution in [2.45, 2.75) is 19.4 Å². The van der Waals surface area contributed by atoms with Crippen LogP contribution in [0.5, 0.6) is 5.75 Å². The molecule has 0 aliphatic rings. The molecule has 0 aliphatic carbocycles. The Morgan fingerprint density at radius 3 is 2.56 bits per heavy atom. The third-order valence-electron chi connectivity index (χ3n) is 3.79. The molecule has 25 heavy (non-hydrogen) atoms. The maximum atomic E-state index is 12.1. The number of nitrogens with one attached hydrogen (secondary N) is 1. The second-order valence-electron chi connectivity index (χ2n) is 5.70. The van der Waals surface area contributed by atoms with Gasteiger partial charge in [0.05, 0.1) is 30.8 Å². The molecule has 1 heterocycles. The Morgan fingerprint density at radius 2 is 1.84 bits per heavy atom. The minimum Gasteiger partial charge on any atom is -0.497 e. The Kier molecular flexibility index (Phi) is 5.80. The van der Waals surface area contributed by atoms with Crippen LogP contribution in [0, 0.1) is 0 Å². The standard InChI is InChI=1S/C20H20N2O2S/c1-24-18-9-7-16(8-10-18)11-19(23)21-13-17-14-25-20(22-17)12-15-5-3-2-4-6-15/h2-10,14H,11-13H2,1H3,(H,21,23). The number of carbonyl (C=O) groups excluding carboxylic acids is 1. The Morgan fingerprint density at radius 1 is 1.08 bits per heavy atom. The van der Waals surface area contributed by atoms with E-state index in [1.165, 1.54) is 5.56 Å². The van der Waals surface area contributed by atoms with Gasteiger partial charge >= 0.3 is 0 Å². The van der Waals surface area contributed by atoms with Crippen LogP contribution in [0.2, 0.25) is 0 Å². The van der Waals surface area contributed by atoms with Gasteiger partial charge in [-0.3, -0.25) is 4.79 Å². The highest BCUT2D eigenvalue weighted by Crippen LogP contribution is 2.15. The van der Waals surface area contributed by atoms with Gasteiger partial charge in [-0.2, -0.15) is 0 Å². The van der Waals surface area contributed by atoms with E-state index in [-0.39, 0.29) is 5.91 Å². The van der Waals surface area contributed by atoms with E-state index >= 15 is 0 Å². The summed E-state index contributed by atoms with van der Waals surface area (Å²) in [5.74, 6) is 0.778. The van der Waals surface area contributed by atoms with Crippen LogP contribution in [-0.4, -0.2) is 18.0 Å². The highest BCUT2D eigenvalue weighted by atomic mass is 32.1. The van der Waals surface area contributed by atoms with Crippen molar-refractivity contribution >= 4 is 17.2 Å². The molecule has 0 aliphatic heterocycles. The molecule has 0 bridgehead atoms. The molecule has 0 spiro atoms. The van der Waals surface area contributed by atoms with Gasteiger partial charge in [0.25, 0.3) is 0 Å². The summed E-state index contributed by atoms with van der Waals surface area (Å²) in [5.41, 5.74) is 3.10. The molecule has 0 atom stereocenters. The van der Waals surface area contributed by atoms with Crippen molar-refractivity contribution < 1.29 is 9.53 Å². The minimum absolute atomic E-state index is 0.0113. The van der Waals surface area contributed by atoms with Crippen LogP contribution in [0.25, 0.3) is 0 Å². The zero-order valence-corrected chi connectivity index (χ0v) is 14.9. The lowest BCUT2D eigenvalue weighted by atomic mass is 10.1. The molecule has 2 aromatic carbocycles. The molecule has 0 unspecified atom stereocenters. The molecular formula is C20H20N2O2S. The SMILES string of the molecule is COc1ccc(CC(=O)NCc2csc(Cc3ccccc3)n2)cc1. The van der Waals surface area contributed by atoms with E-state index in [1.807, 2.05) is 47.8 Å². The number of thiazole rings is 1. The summed E-state index contributed by atoms with van der Waals surface area (Å²) in [6, 6.07) is 17.8. The van der Waals surface area contributed by atoms with Crippen molar-refractivity contribution in [3.63, 3.8) is 0 Å². The van der Waals surface area contributed by atoms with E-state index in [0.717, 1.165) is 28.4 Å². The number of nitrogens with zero attached hydrogens (tertiary/aromatic N) is 1. The Bertz CT molecular complexity index is 813. The smallest absolute Gasteiger partial charge is 0.224 e. The zero-order chi connectivity index (χ0) is 17.5. The van der Waals surface area contributed by atoms with E-state index in [2.05, 4.69) is 22.4 Å². The molecule has 3 aromatic rings. The lowest BCUT2D eigenvalue weighted by molar-refractivity contribution is -0.120. The molecule has 3 rings (SSSR count). The largest absolute Gasteiger partial charge is 0.497 e. The maximum absolute atomic E-state index is 12.1. The van der Waals surface area contributed by atoms with Crippen LogP contribution >= 0.6 is 11.3 Å². The van der Waals surface area contributed by atoms with Crippen LogP contribution in [0.1, 0.15) is 21.8 Å². The van der Waals surface area contributed by atoms with Crippen molar-refractivity contribution in [1.82, 2.24) is 10.3 Å². The minimum atomic E-state index is -0.0113. The highest BCUT2D eigenvalue weighted by Gasteiger charge is 2.07. The van der Waals surface area contributed by atoms with Gasteiger partial charge in [0, 0.05) is 11.8 Å². The quantitative estimate of drug-likeness (QED) is 0.707. The van der Waals surface area contributed by atoms with Gasteiger partial charge in [0.1, 0.15) is 5.75 Å². The number of aromatic nitrogens is 1. The Labute approximate surface area is 151 Å². The van der Waals surface area contributed by atoms with Crippen LogP contribution in [0.3, 0.4) is 0 Å². The van der Waals surface area contributed by atoms with Crippen molar-refractivity contribution in [3.8, 4) is 5.75 Å². The third-order valence-corrected chi connectivity index (χ3v) is 4.69. The van der Waals surface area contributed by atoms with Crippen molar-refractivity contribution in [2.75, 3.05) is 7.11 Å². The molecule has 1 amide bonds. The van der Waals surface area contributed by atoms with Gasteiger partial charge in [-0.1, -0.05) is 42.5 Å². The lowest BCUT2D eigenvalue weighted by Crippen LogP contribution is -2.24. The van der Waals surface area contributed by atoms with Gasteiger partial charge in [0.15, 0.2) is 0 Å². The van der Waals surface area contributed by atoms with Crippen molar-refractivity contribution in [3.05, 3.63) is 81.8 Å².